The van der Waals surface area contributed by atoms with E-state index < -0.39 is 81.3 Å². The van der Waals surface area contributed by atoms with Crippen molar-refractivity contribution in [2.45, 2.75) is 69.6 Å². The number of benzene rings is 2. The Labute approximate surface area is 330 Å². The average molecular weight is 850 g/mol. The van der Waals surface area contributed by atoms with E-state index in [1.165, 1.54) is 31.6 Å². The zero-order valence-corrected chi connectivity index (χ0v) is 32.6. The van der Waals surface area contributed by atoms with E-state index in [9.17, 15) is 35.9 Å². The number of aliphatic hydroxyl groups is 1. The molecule has 0 spiro atoms. The van der Waals surface area contributed by atoms with Crippen molar-refractivity contribution in [2.75, 3.05) is 11.0 Å². The van der Waals surface area contributed by atoms with Gasteiger partial charge < -0.3 is 15.4 Å². The summed E-state index contributed by atoms with van der Waals surface area (Å²) in [6.45, 7) is 2.03. The minimum Gasteiger partial charge on any atom is -0.383 e. The van der Waals surface area contributed by atoms with E-state index in [1.807, 2.05) is 0 Å². The Kier molecular flexibility index (Phi) is 9.35. The maximum absolute atomic E-state index is 15.7. The van der Waals surface area contributed by atoms with Gasteiger partial charge in [-0.25, -0.2) is 35.9 Å². The number of aromatic amines is 1. The molecule has 6 aromatic rings. The number of hydrogen-bond acceptors (Lipinski definition) is 8. The van der Waals surface area contributed by atoms with Gasteiger partial charge in [0.15, 0.2) is 11.5 Å². The van der Waals surface area contributed by atoms with Crippen molar-refractivity contribution in [3.8, 4) is 11.1 Å². The number of amides is 1. The van der Waals surface area contributed by atoms with Gasteiger partial charge in [0.2, 0.25) is 15.9 Å². The van der Waals surface area contributed by atoms with Crippen molar-refractivity contribution in [3.05, 3.63) is 87.1 Å². The molecule has 4 heterocycles. The van der Waals surface area contributed by atoms with E-state index in [0.717, 1.165) is 18.4 Å². The lowest BCUT2D eigenvalue weighted by atomic mass is 9.73. The number of aryl methyl sites for hydroxylation is 1. The standard InChI is InChI=1S/C37H34ClF6N9O4S/c1-36(2,55)35-46-24-13-20(18-6-8-22(38)27-30(18)52(3)50-34(27)51-58(4,56)57)28(47-33(24)48-35)23(11-15-9-16(39)12-17(40)10-15)45-25(54)14-53-31-26(29(49-53)32(41)42)19-5-7-21(19)37(31,43)44/h6,8-10,12-13,19,21,23,32,55H,5,7,11,14H2,1-4H3,(H,45,54)(H,50,51)(H,46,47,48)/t19-,21+,23-/m0/s1. The molecule has 0 bridgehead atoms. The fourth-order valence-electron chi connectivity index (χ4n) is 8.07. The predicted octanol–water partition coefficient (Wildman–Crippen LogP) is 6.88. The van der Waals surface area contributed by atoms with Crippen molar-refractivity contribution < 1.29 is 44.7 Å². The fourth-order valence-corrected chi connectivity index (χ4v) is 8.80. The van der Waals surface area contributed by atoms with Crippen molar-refractivity contribution in [1.82, 2.24) is 39.8 Å². The van der Waals surface area contributed by atoms with Gasteiger partial charge in [-0.2, -0.15) is 19.0 Å². The van der Waals surface area contributed by atoms with E-state index in [0.29, 0.717) is 21.8 Å². The first-order valence-electron chi connectivity index (χ1n) is 17.9. The lowest BCUT2D eigenvalue weighted by Gasteiger charge is -2.34. The number of sulfonamides is 1. The summed E-state index contributed by atoms with van der Waals surface area (Å²) < 4.78 is 118. The second-order valence-corrected chi connectivity index (χ2v) is 17.4. The van der Waals surface area contributed by atoms with Crippen LogP contribution in [-0.2, 0) is 46.4 Å². The molecule has 2 aromatic carbocycles. The second kappa shape index (κ2) is 13.7. The summed E-state index contributed by atoms with van der Waals surface area (Å²) in [7, 11) is -2.32. The minimum atomic E-state index is -3.85. The fraction of sp³-hybridized carbons (Fsp3) is 0.378. The van der Waals surface area contributed by atoms with Crippen LogP contribution in [0.1, 0.15) is 79.1 Å². The second-order valence-electron chi connectivity index (χ2n) is 15.2. The highest BCUT2D eigenvalue weighted by Crippen LogP contribution is 2.63. The maximum Gasteiger partial charge on any atom is 0.293 e. The summed E-state index contributed by atoms with van der Waals surface area (Å²) in [5.41, 5.74) is -2.06. The monoisotopic (exact) mass is 849 g/mol. The molecule has 1 fully saturated rings. The summed E-state index contributed by atoms with van der Waals surface area (Å²) in [6.07, 6.45) is -2.21. The number of carbonyl (C=O) groups is 1. The number of pyridine rings is 1. The minimum absolute atomic E-state index is 0.0177. The van der Waals surface area contributed by atoms with Crippen molar-refractivity contribution in [1.29, 1.82) is 0 Å². The van der Waals surface area contributed by atoms with Gasteiger partial charge in [-0.05, 0) is 68.9 Å². The Morgan fingerprint density at radius 1 is 1.07 bits per heavy atom. The summed E-state index contributed by atoms with van der Waals surface area (Å²) in [5, 5.41) is 21.9. The van der Waals surface area contributed by atoms with Gasteiger partial charge in [0.1, 0.15) is 41.0 Å². The quantitative estimate of drug-likeness (QED) is 0.102. The lowest BCUT2D eigenvalue weighted by molar-refractivity contribution is -0.123. The SMILES string of the molecule is Cn1nc(NS(C)(=O)=O)c2c(Cl)ccc(-c3cc4[nH]c(C(C)(C)O)nc4nc3[C@H](Cc3cc(F)cc(F)c3)NC(=O)Cn3nc(C(F)F)c4c3C(F)(F)[C@@H]3CC[C@H]43)c21. The number of nitrogens with one attached hydrogen (secondary N) is 3. The smallest absolute Gasteiger partial charge is 0.293 e. The molecule has 0 saturated heterocycles. The van der Waals surface area contributed by atoms with Crippen LogP contribution in [-0.4, -0.2) is 60.2 Å². The van der Waals surface area contributed by atoms with Crippen LogP contribution in [0.15, 0.2) is 36.4 Å². The molecule has 0 radical (unpaired) electrons. The van der Waals surface area contributed by atoms with E-state index in [-0.39, 0.29) is 74.9 Å². The number of hydrogen-bond donors (Lipinski definition) is 4. The van der Waals surface area contributed by atoms with Crippen LogP contribution in [0.25, 0.3) is 33.2 Å². The zero-order valence-electron chi connectivity index (χ0n) is 31.0. The Bertz CT molecular complexity index is 2760. The highest BCUT2D eigenvalue weighted by Gasteiger charge is 2.62. The highest BCUT2D eigenvalue weighted by molar-refractivity contribution is 7.92. The van der Waals surface area contributed by atoms with Crippen LogP contribution in [0.5, 0.6) is 0 Å². The van der Waals surface area contributed by atoms with Crippen molar-refractivity contribution in [3.63, 3.8) is 0 Å². The molecule has 13 nitrogen and oxygen atoms in total. The van der Waals surface area contributed by atoms with Gasteiger partial charge in [0.05, 0.1) is 39.4 Å². The number of carbonyl (C=O) groups excluding carboxylic acids is 1. The molecule has 1 amide bonds. The van der Waals surface area contributed by atoms with Crippen LogP contribution < -0.4 is 10.0 Å². The molecule has 21 heteroatoms. The summed E-state index contributed by atoms with van der Waals surface area (Å²) >= 11 is 6.62. The molecule has 4 N–H and O–H groups in total. The van der Waals surface area contributed by atoms with Crippen LogP contribution >= 0.6 is 11.6 Å². The summed E-state index contributed by atoms with van der Waals surface area (Å²) in [5.74, 6) is -8.39. The molecule has 2 aliphatic carbocycles. The van der Waals surface area contributed by atoms with Crippen LogP contribution in [0.2, 0.25) is 5.02 Å². The van der Waals surface area contributed by atoms with E-state index in [4.69, 9.17) is 16.6 Å². The number of nitrogens with zero attached hydrogens (tertiary/aromatic N) is 6. The van der Waals surface area contributed by atoms with Gasteiger partial charge in [0.25, 0.3) is 12.3 Å². The number of fused-ring (bicyclic) bond motifs is 5. The highest BCUT2D eigenvalue weighted by atomic mass is 35.5. The van der Waals surface area contributed by atoms with Crippen molar-refractivity contribution in [2.24, 2.45) is 13.0 Å². The number of rotatable bonds is 11. The molecule has 4 aromatic heterocycles. The Morgan fingerprint density at radius 3 is 2.40 bits per heavy atom. The average Bonchev–Trinajstić information content (AvgIpc) is 3.79. The van der Waals surface area contributed by atoms with Gasteiger partial charge in [-0.15, -0.1) is 0 Å². The topological polar surface area (TPSA) is 173 Å². The number of imidazole rings is 1. The largest absolute Gasteiger partial charge is 0.383 e. The first kappa shape index (κ1) is 39.6. The van der Waals surface area contributed by atoms with E-state index in [2.05, 4.69) is 30.2 Å². The molecule has 3 atom stereocenters. The number of anilines is 1. The van der Waals surface area contributed by atoms with Crippen LogP contribution in [0, 0.1) is 17.6 Å². The molecule has 306 valence electrons. The third-order valence-corrected chi connectivity index (χ3v) is 11.4. The third kappa shape index (κ3) is 6.83. The molecular formula is C37H34ClF6N9O4S. The first-order chi connectivity index (χ1) is 27.1. The summed E-state index contributed by atoms with van der Waals surface area (Å²) in [4.78, 5) is 26.3. The third-order valence-electron chi connectivity index (χ3n) is 10.6. The zero-order chi connectivity index (χ0) is 41.8. The molecule has 0 unspecified atom stereocenters. The molecular weight excluding hydrogens is 816 g/mol. The summed E-state index contributed by atoms with van der Waals surface area (Å²) in [6, 6.07) is 5.99. The number of alkyl halides is 4. The molecule has 2 aliphatic rings. The number of halogens is 7. The van der Waals surface area contributed by atoms with Crippen LogP contribution in [0.4, 0.5) is 32.2 Å². The first-order valence-corrected chi connectivity index (χ1v) is 20.2. The van der Waals surface area contributed by atoms with Crippen molar-refractivity contribution >= 4 is 55.4 Å². The Morgan fingerprint density at radius 2 is 1.78 bits per heavy atom. The maximum atomic E-state index is 15.7. The van der Waals surface area contributed by atoms with Gasteiger partial charge in [-0.1, -0.05) is 17.7 Å². The van der Waals surface area contributed by atoms with Gasteiger partial charge in [-0.3, -0.25) is 18.9 Å². The normalized spacial score (nSPS) is 18.1. The van der Waals surface area contributed by atoms with E-state index >= 15 is 8.78 Å². The number of H-pyrrole nitrogens is 1. The molecule has 0 aliphatic heterocycles. The van der Waals surface area contributed by atoms with Gasteiger partial charge >= 0.3 is 0 Å². The molecule has 58 heavy (non-hydrogen) atoms. The van der Waals surface area contributed by atoms with E-state index in [1.54, 1.807) is 12.1 Å². The molecule has 8 rings (SSSR count). The Hall–Kier alpha value is -5.21. The van der Waals surface area contributed by atoms with Gasteiger partial charge in [0, 0.05) is 35.7 Å². The lowest BCUT2D eigenvalue weighted by Crippen LogP contribution is -2.36. The Balaban J connectivity index is 1.31. The number of aromatic nitrogens is 7. The van der Waals surface area contributed by atoms with Crippen LogP contribution in [0.3, 0.4) is 0 Å². The predicted molar refractivity (Wildman–Crippen MR) is 200 cm³/mol. The molecule has 1 saturated carbocycles.